The molecule has 0 atom stereocenters. The molecule has 3 nitrogen and oxygen atoms in total. The van der Waals surface area contributed by atoms with Crippen LogP contribution in [-0.2, 0) is 6.54 Å². The van der Waals surface area contributed by atoms with E-state index in [4.69, 9.17) is 5.73 Å². The molecule has 2 heterocycles. The van der Waals surface area contributed by atoms with Crippen LogP contribution in [0.15, 0.2) is 12.1 Å². The zero-order chi connectivity index (χ0) is 9.00. The zero-order valence-corrected chi connectivity index (χ0v) is 7.75. The van der Waals surface area contributed by atoms with Crippen molar-refractivity contribution in [3.63, 3.8) is 0 Å². The Morgan fingerprint density at radius 3 is 2.85 bits per heavy atom. The van der Waals surface area contributed by atoms with Crippen LogP contribution in [0.1, 0.15) is 11.1 Å². The number of hydrogen-bond acceptors (Lipinski definition) is 3. The van der Waals surface area contributed by atoms with Gasteiger partial charge < -0.3 is 10.7 Å². The van der Waals surface area contributed by atoms with Crippen molar-refractivity contribution in [3.8, 4) is 0 Å². The summed E-state index contributed by atoms with van der Waals surface area (Å²) in [6.07, 6.45) is 0. The minimum absolute atomic E-state index is 0.910. The van der Waals surface area contributed by atoms with Gasteiger partial charge in [0.25, 0.3) is 0 Å². The number of fused-ring (bicyclic) bond motifs is 3. The van der Waals surface area contributed by atoms with E-state index in [1.54, 1.807) is 0 Å². The highest BCUT2D eigenvalue weighted by molar-refractivity contribution is 5.67. The molecule has 68 valence electrons. The molecule has 0 bridgehead atoms. The van der Waals surface area contributed by atoms with Gasteiger partial charge in [-0.05, 0) is 24.1 Å². The van der Waals surface area contributed by atoms with E-state index in [0.29, 0.717) is 0 Å². The Hall–Kier alpha value is -1.22. The van der Waals surface area contributed by atoms with Crippen LogP contribution in [0.4, 0.5) is 11.4 Å². The lowest BCUT2D eigenvalue weighted by atomic mass is 10.1. The molecule has 3 heteroatoms. The number of anilines is 2. The summed E-state index contributed by atoms with van der Waals surface area (Å²) in [5, 5.41) is 4.66. The van der Waals surface area contributed by atoms with E-state index >= 15 is 0 Å². The van der Waals surface area contributed by atoms with Gasteiger partial charge in [-0.2, -0.15) is 0 Å². The van der Waals surface area contributed by atoms with Crippen molar-refractivity contribution in [3.05, 3.63) is 23.3 Å². The molecule has 2 aliphatic heterocycles. The van der Waals surface area contributed by atoms with E-state index < -0.39 is 0 Å². The van der Waals surface area contributed by atoms with Gasteiger partial charge in [0.1, 0.15) is 0 Å². The fraction of sp³-hybridized carbons (Fsp3) is 0.400. The lowest BCUT2D eigenvalue weighted by molar-refractivity contribution is 0.184. The van der Waals surface area contributed by atoms with Crippen LogP contribution >= 0.6 is 0 Å². The van der Waals surface area contributed by atoms with E-state index in [1.807, 2.05) is 0 Å². The van der Waals surface area contributed by atoms with E-state index in [9.17, 15) is 0 Å². The highest BCUT2D eigenvalue weighted by atomic mass is 15.7. The SMILES string of the molecule is Cc1cc2c(cc1N)N1CCN1C2. The highest BCUT2D eigenvalue weighted by Gasteiger charge is 2.33. The molecule has 3 rings (SSSR count). The average Bonchev–Trinajstić information content (AvgIpc) is 2.26. The Bertz CT molecular complexity index is 373. The Labute approximate surface area is 77.7 Å². The molecule has 0 saturated carbocycles. The standard InChI is InChI=1S/C10H13N3/c1-7-4-8-6-12-2-3-13(12)10(8)5-9(7)11/h4-5H,2-3,6,11H2,1H3. The smallest absolute Gasteiger partial charge is 0.0589 e. The molecule has 1 aromatic carbocycles. The highest BCUT2D eigenvalue weighted by Crippen LogP contribution is 2.37. The molecule has 1 fully saturated rings. The first-order valence-corrected chi connectivity index (χ1v) is 4.67. The van der Waals surface area contributed by atoms with E-state index in [1.165, 1.54) is 23.4 Å². The second-order valence-electron chi connectivity index (χ2n) is 3.85. The topological polar surface area (TPSA) is 32.5 Å². The molecule has 0 spiro atoms. The van der Waals surface area contributed by atoms with Crippen molar-refractivity contribution in [2.45, 2.75) is 13.5 Å². The molecule has 2 aliphatic rings. The maximum Gasteiger partial charge on any atom is 0.0589 e. The number of rotatable bonds is 0. The van der Waals surface area contributed by atoms with Crippen molar-refractivity contribution in [1.82, 2.24) is 5.01 Å². The van der Waals surface area contributed by atoms with Gasteiger partial charge >= 0.3 is 0 Å². The maximum absolute atomic E-state index is 5.88. The molecule has 0 amide bonds. The van der Waals surface area contributed by atoms with Crippen molar-refractivity contribution in [2.75, 3.05) is 23.8 Å². The molecular formula is C10H13N3. The van der Waals surface area contributed by atoms with Crippen LogP contribution in [0.5, 0.6) is 0 Å². The van der Waals surface area contributed by atoms with Crippen LogP contribution in [-0.4, -0.2) is 18.1 Å². The summed E-state index contributed by atoms with van der Waals surface area (Å²) in [5.41, 5.74) is 10.7. The maximum atomic E-state index is 5.88. The molecular weight excluding hydrogens is 162 g/mol. The van der Waals surface area contributed by atoms with Gasteiger partial charge in [-0.15, -0.1) is 0 Å². The monoisotopic (exact) mass is 175 g/mol. The van der Waals surface area contributed by atoms with Crippen LogP contribution in [0.2, 0.25) is 0 Å². The second kappa shape index (κ2) is 2.17. The molecule has 2 N–H and O–H groups in total. The quantitative estimate of drug-likeness (QED) is 0.600. The Kier molecular flexibility index (Phi) is 1.21. The first-order valence-electron chi connectivity index (χ1n) is 4.67. The van der Waals surface area contributed by atoms with Crippen molar-refractivity contribution in [2.24, 2.45) is 0 Å². The van der Waals surface area contributed by atoms with Crippen LogP contribution < -0.4 is 10.7 Å². The van der Waals surface area contributed by atoms with Crippen LogP contribution in [0, 0.1) is 6.92 Å². The largest absolute Gasteiger partial charge is 0.398 e. The number of hydrogen-bond donors (Lipinski definition) is 1. The summed E-state index contributed by atoms with van der Waals surface area (Å²) in [4.78, 5) is 0. The van der Waals surface area contributed by atoms with Crippen molar-refractivity contribution >= 4 is 11.4 Å². The lowest BCUT2D eigenvalue weighted by Gasteiger charge is -2.40. The second-order valence-corrected chi connectivity index (χ2v) is 3.85. The van der Waals surface area contributed by atoms with Gasteiger partial charge in [-0.1, -0.05) is 6.07 Å². The molecule has 0 radical (unpaired) electrons. The number of benzene rings is 1. The first kappa shape index (κ1) is 7.21. The third kappa shape index (κ3) is 0.823. The minimum Gasteiger partial charge on any atom is -0.398 e. The molecule has 13 heavy (non-hydrogen) atoms. The van der Waals surface area contributed by atoms with Gasteiger partial charge in [0.05, 0.1) is 5.69 Å². The number of nitrogens with two attached hydrogens (primary N) is 1. The minimum atomic E-state index is 0.910. The Balaban J connectivity index is 2.14. The Morgan fingerprint density at radius 2 is 2.15 bits per heavy atom. The van der Waals surface area contributed by atoms with E-state index in [2.05, 4.69) is 29.1 Å². The predicted octanol–water partition coefficient (Wildman–Crippen LogP) is 1.13. The van der Waals surface area contributed by atoms with E-state index in [0.717, 1.165) is 18.8 Å². The molecule has 0 aromatic heterocycles. The van der Waals surface area contributed by atoms with Gasteiger partial charge in [-0.3, -0.25) is 0 Å². The van der Waals surface area contributed by atoms with Crippen molar-refractivity contribution < 1.29 is 0 Å². The molecule has 1 aromatic rings. The molecule has 0 aliphatic carbocycles. The van der Waals surface area contributed by atoms with Crippen LogP contribution in [0.3, 0.4) is 0 Å². The van der Waals surface area contributed by atoms with Crippen LogP contribution in [0.25, 0.3) is 0 Å². The summed E-state index contributed by atoms with van der Waals surface area (Å²) in [5.74, 6) is 0. The van der Waals surface area contributed by atoms with Gasteiger partial charge in [-0.25, -0.2) is 5.01 Å². The number of nitrogens with zero attached hydrogens (tertiary/aromatic N) is 2. The zero-order valence-electron chi connectivity index (χ0n) is 7.75. The third-order valence-corrected chi connectivity index (χ3v) is 3.01. The summed E-state index contributed by atoms with van der Waals surface area (Å²) >= 11 is 0. The van der Waals surface area contributed by atoms with Gasteiger partial charge in [0.2, 0.25) is 0 Å². The lowest BCUT2D eigenvalue weighted by Crippen LogP contribution is -2.53. The summed E-state index contributed by atoms with van der Waals surface area (Å²) in [7, 11) is 0. The van der Waals surface area contributed by atoms with Crippen molar-refractivity contribution in [1.29, 1.82) is 0 Å². The fourth-order valence-corrected chi connectivity index (χ4v) is 2.11. The molecule has 1 saturated heterocycles. The fourth-order valence-electron chi connectivity index (χ4n) is 2.11. The first-order chi connectivity index (χ1) is 6.25. The Morgan fingerprint density at radius 1 is 1.31 bits per heavy atom. The number of aryl methyl sites for hydroxylation is 1. The summed E-state index contributed by atoms with van der Waals surface area (Å²) in [6, 6.07) is 4.31. The predicted molar refractivity (Wildman–Crippen MR) is 53.3 cm³/mol. The van der Waals surface area contributed by atoms with E-state index in [-0.39, 0.29) is 0 Å². The summed E-state index contributed by atoms with van der Waals surface area (Å²) < 4.78 is 0. The normalized spacial score (nSPS) is 19.6. The van der Waals surface area contributed by atoms with Gasteiger partial charge in [0, 0.05) is 25.3 Å². The average molecular weight is 175 g/mol. The molecule has 0 unspecified atom stereocenters. The van der Waals surface area contributed by atoms with Gasteiger partial charge in [0.15, 0.2) is 0 Å². The number of hydrazine groups is 1. The summed E-state index contributed by atoms with van der Waals surface area (Å²) in [6.45, 7) is 5.47. The number of nitrogen functional groups attached to an aromatic ring is 1. The third-order valence-electron chi connectivity index (χ3n) is 3.01.